The minimum Gasteiger partial charge on any atom is -0.318 e. The minimum absolute atomic E-state index is 0.0417. The maximum atomic E-state index is 12.2. The molecule has 1 amide bonds. The summed E-state index contributed by atoms with van der Waals surface area (Å²) in [6, 6.07) is 5.99. The van der Waals surface area contributed by atoms with Crippen LogP contribution in [0.5, 0.6) is 0 Å². The fourth-order valence-corrected chi connectivity index (χ4v) is 1.75. The lowest BCUT2D eigenvalue weighted by Gasteiger charge is -2.11. The van der Waals surface area contributed by atoms with Gasteiger partial charge in [0.05, 0.1) is 17.6 Å². The first-order chi connectivity index (χ1) is 9.79. The number of carbonyl (C=O) groups is 1. The molecule has 112 valence electrons. The molecular weight excluding hydrogens is 285 g/mol. The molecule has 0 fully saturated rings. The summed E-state index contributed by atoms with van der Waals surface area (Å²) < 4.78 is 38.2. The fraction of sp³-hybridized carbons (Fsp3) is 0.308. The molecule has 0 radical (unpaired) electrons. The van der Waals surface area contributed by atoms with Gasteiger partial charge in [-0.2, -0.15) is 13.2 Å². The molecular formula is C13H13F3N4O. The number of halogens is 3. The number of rotatable bonds is 3. The van der Waals surface area contributed by atoms with Gasteiger partial charge in [0.2, 0.25) is 0 Å². The average molecular weight is 298 g/mol. The van der Waals surface area contributed by atoms with Crippen LogP contribution in [0.3, 0.4) is 0 Å². The summed E-state index contributed by atoms with van der Waals surface area (Å²) >= 11 is 0. The van der Waals surface area contributed by atoms with Crippen LogP contribution in [0.15, 0.2) is 30.5 Å². The molecule has 0 spiro atoms. The first-order valence-corrected chi connectivity index (χ1v) is 6.18. The van der Waals surface area contributed by atoms with Gasteiger partial charge in [0.1, 0.15) is 0 Å². The number of amides is 1. The molecule has 21 heavy (non-hydrogen) atoms. The van der Waals surface area contributed by atoms with Gasteiger partial charge in [-0.3, -0.25) is 4.79 Å². The predicted octanol–water partition coefficient (Wildman–Crippen LogP) is 2.89. The molecule has 0 saturated carbocycles. The molecule has 8 heteroatoms. The Labute approximate surface area is 118 Å². The van der Waals surface area contributed by atoms with Gasteiger partial charge < -0.3 is 5.32 Å². The Kier molecular flexibility index (Phi) is 3.97. The molecule has 1 heterocycles. The number of aromatic nitrogens is 3. The SMILES string of the molecule is CC(C)c1cnnn1-c1cccc(NC(=O)C(F)(F)F)c1. The molecule has 0 bridgehead atoms. The number of hydrogen-bond donors (Lipinski definition) is 1. The second-order valence-corrected chi connectivity index (χ2v) is 4.73. The van der Waals surface area contributed by atoms with Crippen molar-refractivity contribution in [1.29, 1.82) is 0 Å². The van der Waals surface area contributed by atoms with Crippen molar-refractivity contribution >= 4 is 11.6 Å². The normalized spacial score (nSPS) is 11.7. The van der Waals surface area contributed by atoms with Gasteiger partial charge in [0, 0.05) is 5.69 Å². The molecule has 0 aliphatic heterocycles. The molecule has 0 aliphatic rings. The molecule has 0 unspecified atom stereocenters. The third-order valence-corrected chi connectivity index (χ3v) is 2.77. The molecule has 2 rings (SSSR count). The molecule has 0 saturated heterocycles. The standard InChI is InChI=1S/C13H13F3N4O/c1-8(2)11-7-17-19-20(11)10-5-3-4-9(6-10)18-12(21)13(14,15)16/h3-8H,1-2H3,(H,18,21). The second-order valence-electron chi connectivity index (χ2n) is 4.73. The fourth-order valence-electron chi connectivity index (χ4n) is 1.75. The van der Waals surface area contributed by atoms with E-state index in [4.69, 9.17) is 0 Å². The summed E-state index contributed by atoms with van der Waals surface area (Å²) in [6.45, 7) is 3.90. The summed E-state index contributed by atoms with van der Waals surface area (Å²) in [5.74, 6) is -1.87. The van der Waals surface area contributed by atoms with E-state index in [-0.39, 0.29) is 11.6 Å². The Bertz CT molecular complexity index is 649. The number of carbonyl (C=O) groups excluding carboxylic acids is 1. The second kappa shape index (κ2) is 5.55. The van der Waals surface area contributed by atoms with Crippen LogP contribution < -0.4 is 5.32 Å². The third-order valence-electron chi connectivity index (χ3n) is 2.77. The van der Waals surface area contributed by atoms with Gasteiger partial charge in [-0.25, -0.2) is 4.68 Å². The van der Waals surface area contributed by atoms with Crippen molar-refractivity contribution in [2.24, 2.45) is 0 Å². The molecule has 1 aromatic carbocycles. The zero-order valence-electron chi connectivity index (χ0n) is 11.3. The largest absolute Gasteiger partial charge is 0.471 e. The highest BCUT2D eigenvalue weighted by Crippen LogP contribution is 2.22. The van der Waals surface area contributed by atoms with Gasteiger partial charge >= 0.3 is 12.1 Å². The van der Waals surface area contributed by atoms with E-state index in [0.29, 0.717) is 5.69 Å². The van der Waals surface area contributed by atoms with Crippen LogP contribution in [0.25, 0.3) is 5.69 Å². The Morgan fingerprint density at radius 1 is 1.33 bits per heavy atom. The summed E-state index contributed by atoms with van der Waals surface area (Å²) in [6.07, 6.45) is -3.34. The number of nitrogens with one attached hydrogen (secondary N) is 1. The smallest absolute Gasteiger partial charge is 0.318 e. The van der Waals surface area contributed by atoms with Crippen LogP contribution in [0, 0.1) is 0 Å². The van der Waals surface area contributed by atoms with Crippen LogP contribution in [0.4, 0.5) is 18.9 Å². The highest BCUT2D eigenvalue weighted by molar-refractivity contribution is 5.95. The maximum absolute atomic E-state index is 12.2. The average Bonchev–Trinajstić information content (AvgIpc) is 2.87. The lowest BCUT2D eigenvalue weighted by molar-refractivity contribution is -0.167. The summed E-state index contributed by atoms with van der Waals surface area (Å²) in [5, 5.41) is 9.51. The third kappa shape index (κ3) is 3.39. The lowest BCUT2D eigenvalue weighted by atomic mass is 10.1. The van der Waals surface area contributed by atoms with Crippen molar-refractivity contribution in [3.8, 4) is 5.69 Å². The Hall–Kier alpha value is -2.38. The van der Waals surface area contributed by atoms with E-state index in [1.54, 1.807) is 12.3 Å². The van der Waals surface area contributed by atoms with Crippen molar-refractivity contribution < 1.29 is 18.0 Å². The highest BCUT2D eigenvalue weighted by atomic mass is 19.4. The van der Waals surface area contributed by atoms with Gasteiger partial charge in [0.25, 0.3) is 0 Å². The molecule has 1 N–H and O–H groups in total. The topological polar surface area (TPSA) is 59.8 Å². The van der Waals surface area contributed by atoms with Crippen LogP contribution in [0.2, 0.25) is 0 Å². The van der Waals surface area contributed by atoms with E-state index in [1.807, 2.05) is 19.2 Å². The van der Waals surface area contributed by atoms with Crippen LogP contribution in [-0.2, 0) is 4.79 Å². The first-order valence-electron chi connectivity index (χ1n) is 6.18. The van der Waals surface area contributed by atoms with Crippen molar-refractivity contribution in [1.82, 2.24) is 15.0 Å². The van der Waals surface area contributed by atoms with Gasteiger partial charge in [-0.05, 0) is 24.1 Å². The number of nitrogens with zero attached hydrogens (tertiary/aromatic N) is 3. The molecule has 1 aromatic heterocycles. The van der Waals surface area contributed by atoms with E-state index in [0.717, 1.165) is 5.69 Å². The summed E-state index contributed by atoms with van der Waals surface area (Å²) in [7, 11) is 0. The number of hydrogen-bond acceptors (Lipinski definition) is 3. The van der Waals surface area contributed by atoms with Crippen LogP contribution >= 0.6 is 0 Å². The van der Waals surface area contributed by atoms with Gasteiger partial charge in [-0.15, -0.1) is 5.10 Å². The Morgan fingerprint density at radius 2 is 2.05 bits per heavy atom. The molecule has 5 nitrogen and oxygen atoms in total. The van der Waals surface area contributed by atoms with E-state index >= 15 is 0 Å². The van der Waals surface area contributed by atoms with Gasteiger partial charge in [0.15, 0.2) is 0 Å². The monoisotopic (exact) mass is 298 g/mol. The highest BCUT2D eigenvalue weighted by Gasteiger charge is 2.38. The van der Waals surface area contributed by atoms with E-state index in [1.165, 1.54) is 22.9 Å². The van der Waals surface area contributed by atoms with Crippen molar-refractivity contribution in [2.45, 2.75) is 25.9 Å². The summed E-state index contributed by atoms with van der Waals surface area (Å²) in [5.41, 5.74) is 1.38. The quantitative estimate of drug-likeness (QED) is 0.948. The Morgan fingerprint density at radius 3 is 2.67 bits per heavy atom. The van der Waals surface area contributed by atoms with Crippen LogP contribution in [0.1, 0.15) is 25.5 Å². The Balaban J connectivity index is 2.30. The number of alkyl halides is 3. The lowest BCUT2D eigenvalue weighted by Crippen LogP contribution is -2.29. The summed E-state index contributed by atoms with van der Waals surface area (Å²) in [4.78, 5) is 10.9. The molecule has 0 atom stereocenters. The van der Waals surface area contributed by atoms with E-state index in [2.05, 4.69) is 10.3 Å². The van der Waals surface area contributed by atoms with Crippen molar-refractivity contribution in [3.05, 3.63) is 36.2 Å². The number of benzene rings is 1. The van der Waals surface area contributed by atoms with Crippen molar-refractivity contribution in [3.63, 3.8) is 0 Å². The van der Waals surface area contributed by atoms with E-state index < -0.39 is 12.1 Å². The van der Waals surface area contributed by atoms with E-state index in [9.17, 15) is 18.0 Å². The zero-order valence-corrected chi connectivity index (χ0v) is 11.3. The minimum atomic E-state index is -4.92. The van der Waals surface area contributed by atoms with Gasteiger partial charge in [-0.1, -0.05) is 25.1 Å². The predicted molar refractivity (Wildman–Crippen MR) is 70.1 cm³/mol. The maximum Gasteiger partial charge on any atom is 0.471 e. The zero-order chi connectivity index (χ0) is 15.6. The van der Waals surface area contributed by atoms with Crippen LogP contribution in [-0.4, -0.2) is 27.1 Å². The molecule has 2 aromatic rings. The first kappa shape index (κ1) is 15.0. The number of anilines is 1. The van der Waals surface area contributed by atoms with Crippen molar-refractivity contribution in [2.75, 3.05) is 5.32 Å². The molecule has 0 aliphatic carbocycles.